The predicted octanol–water partition coefficient (Wildman–Crippen LogP) is 1.03. The molecule has 1 aromatic heterocycles. The molecular formula is C16H13N3O6. The third-order valence-corrected chi connectivity index (χ3v) is 3.44. The van der Waals surface area contributed by atoms with Crippen LogP contribution in [-0.4, -0.2) is 31.3 Å². The van der Waals surface area contributed by atoms with E-state index >= 15 is 0 Å². The van der Waals surface area contributed by atoms with E-state index in [1.807, 2.05) is 0 Å². The number of carbonyl (C=O) groups is 1. The van der Waals surface area contributed by atoms with E-state index in [1.54, 1.807) is 0 Å². The van der Waals surface area contributed by atoms with Gasteiger partial charge in [0.25, 0.3) is 11.5 Å². The molecule has 0 radical (unpaired) electrons. The molecule has 3 rings (SSSR count). The number of nitrogens with zero attached hydrogens (tertiary/aromatic N) is 1. The third kappa shape index (κ3) is 3.35. The summed E-state index contributed by atoms with van der Waals surface area (Å²) >= 11 is 0. The van der Waals surface area contributed by atoms with Crippen LogP contribution in [0.25, 0.3) is 10.9 Å². The topological polar surface area (TPSA) is 145 Å². The van der Waals surface area contributed by atoms with Crippen LogP contribution >= 0.6 is 0 Å². The van der Waals surface area contributed by atoms with Gasteiger partial charge < -0.3 is 19.9 Å². The zero-order chi connectivity index (χ0) is 18.0. The highest BCUT2D eigenvalue weighted by Crippen LogP contribution is 2.28. The number of benzene rings is 2. The van der Waals surface area contributed by atoms with E-state index in [1.165, 1.54) is 41.9 Å². The Morgan fingerprint density at radius 3 is 2.68 bits per heavy atom. The van der Waals surface area contributed by atoms with E-state index in [0.29, 0.717) is 0 Å². The minimum Gasteiger partial charge on any atom is -0.504 e. The number of phenolic OH excluding ortho intramolecular Hbond substituents is 2. The number of nitrogens with one attached hydrogen (secondary N) is 2. The molecule has 0 saturated heterocycles. The molecule has 25 heavy (non-hydrogen) atoms. The largest absolute Gasteiger partial charge is 0.504 e. The van der Waals surface area contributed by atoms with E-state index < -0.39 is 11.5 Å². The Kier molecular flexibility index (Phi) is 4.23. The minimum atomic E-state index is -0.721. The number of rotatable bonds is 4. The van der Waals surface area contributed by atoms with E-state index in [4.69, 9.17) is 9.94 Å². The highest BCUT2D eigenvalue weighted by Gasteiger charge is 2.10. The summed E-state index contributed by atoms with van der Waals surface area (Å²) in [6.07, 6.45) is 0. The van der Waals surface area contributed by atoms with E-state index in [9.17, 15) is 19.8 Å². The second-order valence-corrected chi connectivity index (χ2v) is 5.12. The number of hydroxylamine groups is 1. The van der Waals surface area contributed by atoms with E-state index in [2.05, 4.69) is 9.97 Å². The number of fused-ring (bicyclic) bond motifs is 1. The number of aromatic hydroxyl groups is 2. The Balaban J connectivity index is 1.89. The van der Waals surface area contributed by atoms with Crippen molar-refractivity contribution in [1.29, 1.82) is 0 Å². The molecule has 0 atom stereocenters. The molecule has 5 N–H and O–H groups in total. The normalized spacial score (nSPS) is 10.6. The lowest BCUT2D eigenvalue weighted by molar-refractivity contribution is 0.0706. The molecule has 0 saturated carbocycles. The second-order valence-electron chi connectivity index (χ2n) is 5.12. The van der Waals surface area contributed by atoms with Gasteiger partial charge in [-0.15, -0.1) is 0 Å². The number of phenols is 2. The molecule has 1 heterocycles. The van der Waals surface area contributed by atoms with Crippen LogP contribution in [0.15, 0.2) is 41.2 Å². The van der Waals surface area contributed by atoms with Crippen LogP contribution in [0, 0.1) is 0 Å². The van der Waals surface area contributed by atoms with Crippen molar-refractivity contribution in [3.63, 3.8) is 0 Å². The second kappa shape index (κ2) is 6.49. The lowest BCUT2D eigenvalue weighted by atomic mass is 10.1. The molecule has 0 aliphatic heterocycles. The maximum Gasteiger partial charge on any atom is 0.274 e. The summed E-state index contributed by atoms with van der Waals surface area (Å²) in [5, 5.41) is 27.6. The van der Waals surface area contributed by atoms with Gasteiger partial charge in [-0.05, 0) is 30.3 Å². The Morgan fingerprint density at radius 1 is 1.16 bits per heavy atom. The Morgan fingerprint density at radius 2 is 1.96 bits per heavy atom. The number of ether oxygens (including phenoxy) is 1. The number of carbonyl (C=O) groups excluding carboxylic acids is 1. The molecule has 3 aromatic rings. The minimum absolute atomic E-state index is 0.105. The zero-order valence-corrected chi connectivity index (χ0v) is 12.7. The van der Waals surface area contributed by atoms with Gasteiger partial charge in [0.1, 0.15) is 18.2 Å². The summed E-state index contributed by atoms with van der Waals surface area (Å²) in [4.78, 5) is 30.3. The lowest BCUT2D eigenvalue weighted by Crippen LogP contribution is -2.19. The first kappa shape index (κ1) is 16.3. The van der Waals surface area contributed by atoms with Crippen molar-refractivity contribution in [1.82, 2.24) is 15.4 Å². The zero-order valence-electron chi connectivity index (χ0n) is 12.7. The van der Waals surface area contributed by atoms with Gasteiger partial charge >= 0.3 is 0 Å². The van der Waals surface area contributed by atoms with Gasteiger partial charge in [0.2, 0.25) is 0 Å². The number of hydrogen-bond donors (Lipinski definition) is 5. The van der Waals surface area contributed by atoms with Crippen LogP contribution in [0.2, 0.25) is 0 Å². The van der Waals surface area contributed by atoms with Gasteiger partial charge in [-0.1, -0.05) is 0 Å². The molecule has 0 fully saturated rings. The quantitative estimate of drug-likeness (QED) is 0.270. The van der Waals surface area contributed by atoms with Crippen LogP contribution in [0.5, 0.6) is 17.2 Å². The Labute approximate surface area is 140 Å². The fourth-order valence-corrected chi connectivity index (χ4v) is 2.21. The smallest absolute Gasteiger partial charge is 0.274 e. The third-order valence-electron chi connectivity index (χ3n) is 3.44. The number of aromatic nitrogens is 2. The fraction of sp³-hybridized carbons (Fsp3) is 0.0625. The summed E-state index contributed by atoms with van der Waals surface area (Å²) in [5.74, 6) is -0.865. The molecule has 0 spiro atoms. The molecular weight excluding hydrogens is 330 g/mol. The molecule has 9 nitrogen and oxygen atoms in total. The molecule has 2 aromatic carbocycles. The molecule has 9 heteroatoms. The van der Waals surface area contributed by atoms with Crippen LogP contribution in [0.4, 0.5) is 0 Å². The number of amides is 1. The van der Waals surface area contributed by atoms with Crippen LogP contribution < -0.4 is 15.8 Å². The van der Waals surface area contributed by atoms with Crippen molar-refractivity contribution < 1.29 is 25.0 Å². The molecule has 0 bridgehead atoms. The van der Waals surface area contributed by atoms with E-state index in [0.717, 1.165) is 0 Å². The Bertz CT molecular complexity index is 1010. The average Bonchev–Trinajstić information content (AvgIpc) is 2.61. The van der Waals surface area contributed by atoms with Crippen molar-refractivity contribution in [2.24, 2.45) is 0 Å². The molecule has 0 unspecified atom stereocenters. The Hall–Kier alpha value is -3.59. The van der Waals surface area contributed by atoms with Crippen molar-refractivity contribution in [2.45, 2.75) is 6.61 Å². The van der Waals surface area contributed by atoms with E-state index in [-0.39, 0.29) is 46.1 Å². The number of H-pyrrole nitrogens is 1. The van der Waals surface area contributed by atoms with Crippen LogP contribution in [0.3, 0.4) is 0 Å². The van der Waals surface area contributed by atoms with Crippen LogP contribution in [-0.2, 0) is 6.61 Å². The van der Waals surface area contributed by atoms with Crippen molar-refractivity contribution in [3.05, 3.63) is 58.1 Å². The molecule has 1 amide bonds. The molecule has 0 aliphatic carbocycles. The van der Waals surface area contributed by atoms with Crippen LogP contribution in [0.1, 0.15) is 16.2 Å². The summed E-state index contributed by atoms with van der Waals surface area (Å²) in [6, 6.07) is 8.11. The molecule has 128 valence electrons. The summed E-state index contributed by atoms with van der Waals surface area (Å²) in [6.45, 7) is -0.105. The van der Waals surface area contributed by atoms with Crippen molar-refractivity contribution in [3.8, 4) is 17.2 Å². The SMILES string of the molecule is O=C(NO)c1ccc2c(=O)[nH]c(COc3ccc(O)c(O)c3)nc2c1. The van der Waals surface area contributed by atoms with Gasteiger partial charge in [0.15, 0.2) is 11.5 Å². The first-order chi connectivity index (χ1) is 12.0. The first-order valence-corrected chi connectivity index (χ1v) is 7.10. The van der Waals surface area contributed by atoms with Gasteiger partial charge in [-0.2, -0.15) is 0 Å². The van der Waals surface area contributed by atoms with Crippen molar-refractivity contribution in [2.75, 3.05) is 0 Å². The highest BCUT2D eigenvalue weighted by molar-refractivity contribution is 5.96. The summed E-state index contributed by atoms with van der Waals surface area (Å²) in [7, 11) is 0. The molecule has 0 aliphatic rings. The summed E-state index contributed by atoms with van der Waals surface area (Å²) in [5.41, 5.74) is 1.50. The van der Waals surface area contributed by atoms with Gasteiger partial charge in [-0.3, -0.25) is 14.8 Å². The highest BCUT2D eigenvalue weighted by atomic mass is 16.5. The monoisotopic (exact) mass is 343 g/mol. The predicted molar refractivity (Wildman–Crippen MR) is 85.7 cm³/mol. The average molecular weight is 343 g/mol. The van der Waals surface area contributed by atoms with Gasteiger partial charge in [-0.25, -0.2) is 10.5 Å². The standard InChI is InChI=1S/C16H13N3O6/c20-12-4-2-9(6-13(12)21)25-7-14-17-11-5-8(15(22)19-24)1-3-10(11)16(23)18-14/h1-6,20-21,24H,7H2,(H,19,22)(H,17,18,23). The van der Waals surface area contributed by atoms with Crippen molar-refractivity contribution >= 4 is 16.8 Å². The number of aromatic amines is 1. The first-order valence-electron chi connectivity index (χ1n) is 7.10. The number of hydrogen-bond acceptors (Lipinski definition) is 7. The van der Waals surface area contributed by atoms with Gasteiger partial charge in [0, 0.05) is 11.6 Å². The maximum absolute atomic E-state index is 12.1. The summed E-state index contributed by atoms with van der Waals surface area (Å²) < 4.78 is 5.41. The van der Waals surface area contributed by atoms with Gasteiger partial charge in [0.05, 0.1) is 10.9 Å². The lowest BCUT2D eigenvalue weighted by Gasteiger charge is -2.08. The fourth-order valence-electron chi connectivity index (χ4n) is 2.21. The maximum atomic E-state index is 12.1.